The zero-order valence-electron chi connectivity index (χ0n) is 18.0. The van der Waals surface area contributed by atoms with Crippen LogP contribution in [0.5, 0.6) is 11.5 Å². The van der Waals surface area contributed by atoms with Crippen LogP contribution in [0.3, 0.4) is 0 Å². The Balaban J connectivity index is 0.00000225. The van der Waals surface area contributed by atoms with Crippen LogP contribution in [0.15, 0.2) is 30.5 Å². The number of anilines is 1. The molecule has 1 amide bonds. The van der Waals surface area contributed by atoms with Gasteiger partial charge in [-0.05, 0) is 55.2 Å². The summed E-state index contributed by atoms with van der Waals surface area (Å²) in [4.78, 5) is 21.3. The predicted molar refractivity (Wildman–Crippen MR) is 125 cm³/mol. The van der Waals surface area contributed by atoms with Gasteiger partial charge in [-0.2, -0.15) is 0 Å². The Bertz CT molecular complexity index is 848. The first-order valence-electron chi connectivity index (χ1n) is 9.67. The van der Waals surface area contributed by atoms with Crippen molar-refractivity contribution in [2.24, 2.45) is 0 Å². The molecule has 0 saturated carbocycles. The van der Waals surface area contributed by atoms with Gasteiger partial charge in [0.05, 0.1) is 32.0 Å². The van der Waals surface area contributed by atoms with Crippen molar-refractivity contribution in [3.05, 3.63) is 47.3 Å². The number of ether oxygens (including phenoxy) is 2. The van der Waals surface area contributed by atoms with Gasteiger partial charge < -0.3 is 19.3 Å². The second-order valence-corrected chi connectivity index (χ2v) is 7.17. The monoisotopic (exact) mass is 455 g/mol. The molecule has 0 radical (unpaired) electrons. The van der Waals surface area contributed by atoms with Crippen molar-refractivity contribution in [3.8, 4) is 11.5 Å². The normalized spacial score (nSPS) is 12.8. The van der Waals surface area contributed by atoms with E-state index in [0.29, 0.717) is 12.2 Å². The van der Waals surface area contributed by atoms with Gasteiger partial charge in [-0.3, -0.25) is 9.78 Å². The maximum absolute atomic E-state index is 12.8. The average Bonchev–Trinajstić information content (AvgIpc) is 2.85. The first kappa shape index (κ1) is 25.9. The highest BCUT2D eigenvalue weighted by Crippen LogP contribution is 2.32. The molecule has 0 bridgehead atoms. The highest BCUT2D eigenvalue weighted by Gasteiger charge is 2.22. The van der Waals surface area contributed by atoms with E-state index in [4.69, 9.17) is 9.47 Å². The molecule has 0 atom stereocenters. The molecule has 6 nitrogen and oxygen atoms in total. The van der Waals surface area contributed by atoms with Crippen LogP contribution >= 0.6 is 24.8 Å². The number of carbonyl (C=O) groups excluding carboxylic acids is 1. The predicted octanol–water partition coefficient (Wildman–Crippen LogP) is 3.70. The SMILES string of the molecule is COc1cc2c(cc1OC)CC(=O)N(CCCN(C)c1cccnc1C)CC2.Cl.Cl. The fraction of sp³-hybridized carbons (Fsp3) is 0.455. The molecule has 1 aromatic carbocycles. The molecule has 8 heteroatoms. The van der Waals surface area contributed by atoms with Gasteiger partial charge in [-0.25, -0.2) is 0 Å². The number of fused-ring (bicyclic) bond motifs is 1. The Kier molecular flexibility index (Phi) is 10.2. The second-order valence-electron chi connectivity index (χ2n) is 7.17. The molecule has 0 saturated heterocycles. The topological polar surface area (TPSA) is 54.9 Å². The van der Waals surface area contributed by atoms with Crippen molar-refractivity contribution in [3.63, 3.8) is 0 Å². The molecule has 0 fully saturated rings. The lowest BCUT2D eigenvalue weighted by Gasteiger charge is -2.24. The van der Waals surface area contributed by atoms with Crippen molar-refractivity contribution in [2.75, 3.05) is 45.8 Å². The van der Waals surface area contributed by atoms with Crippen LogP contribution in [-0.4, -0.2) is 56.7 Å². The maximum atomic E-state index is 12.8. The summed E-state index contributed by atoms with van der Waals surface area (Å²) >= 11 is 0. The van der Waals surface area contributed by atoms with Gasteiger partial charge in [0.15, 0.2) is 11.5 Å². The molecule has 1 aliphatic heterocycles. The number of carbonyl (C=O) groups is 1. The van der Waals surface area contributed by atoms with E-state index in [0.717, 1.165) is 60.7 Å². The molecular formula is C22H31Cl2N3O3. The first-order chi connectivity index (χ1) is 13.5. The molecule has 0 unspecified atom stereocenters. The van der Waals surface area contributed by atoms with Crippen LogP contribution in [-0.2, 0) is 17.6 Å². The van der Waals surface area contributed by atoms with Gasteiger partial charge in [0.1, 0.15) is 0 Å². The Hall–Kier alpha value is -2.18. The van der Waals surface area contributed by atoms with E-state index in [1.165, 1.54) is 0 Å². The van der Waals surface area contributed by atoms with Crippen LogP contribution in [0.25, 0.3) is 0 Å². The van der Waals surface area contributed by atoms with E-state index in [2.05, 4.69) is 23.0 Å². The van der Waals surface area contributed by atoms with E-state index in [1.54, 1.807) is 14.2 Å². The van der Waals surface area contributed by atoms with Crippen LogP contribution in [0.1, 0.15) is 23.2 Å². The highest BCUT2D eigenvalue weighted by atomic mass is 35.5. The number of benzene rings is 1. The summed E-state index contributed by atoms with van der Waals surface area (Å²) in [6, 6.07) is 7.98. The molecule has 2 heterocycles. The summed E-state index contributed by atoms with van der Waals surface area (Å²) < 4.78 is 10.8. The number of nitrogens with zero attached hydrogens (tertiary/aromatic N) is 3. The van der Waals surface area contributed by atoms with Gasteiger partial charge in [-0.15, -0.1) is 24.8 Å². The standard InChI is InChI=1S/C22H29N3O3.2ClH/c1-16-19(7-5-9-23-16)24(2)10-6-11-25-12-8-17-13-20(27-3)21(28-4)14-18(17)15-22(25)26;;/h5,7,9,13-14H,6,8,10-12,15H2,1-4H3;2*1H. The number of hydrogen-bond donors (Lipinski definition) is 0. The maximum Gasteiger partial charge on any atom is 0.227 e. The van der Waals surface area contributed by atoms with Crippen LogP contribution in [0.4, 0.5) is 5.69 Å². The minimum absolute atomic E-state index is 0. The molecule has 1 aromatic heterocycles. The van der Waals surface area contributed by atoms with Crippen molar-refractivity contribution in [1.82, 2.24) is 9.88 Å². The summed E-state index contributed by atoms with van der Waals surface area (Å²) in [5.74, 6) is 1.57. The van der Waals surface area contributed by atoms with Gasteiger partial charge in [-0.1, -0.05) is 0 Å². The van der Waals surface area contributed by atoms with Crippen molar-refractivity contribution in [1.29, 1.82) is 0 Å². The van der Waals surface area contributed by atoms with Crippen molar-refractivity contribution < 1.29 is 14.3 Å². The molecule has 3 rings (SSSR count). The van der Waals surface area contributed by atoms with E-state index < -0.39 is 0 Å². The number of aromatic nitrogens is 1. The quantitative estimate of drug-likeness (QED) is 0.636. The molecular weight excluding hydrogens is 425 g/mol. The number of halogens is 2. The number of amides is 1. The van der Waals surface area contributed by atoms with Crippen LogP contribution < -0.4 is 14.4 Å². The van der Waals surface area contributed by atoms with Gasteiger partial charge in [0.25, 0.3) is 0 Å². The minimum Gasteiger partial charge on any atom is -0.493 e. The number of rotatable bonds is 7. The van der Waals surface area contributed by atoms with Gasteiger partial charge in [0.2, 0.25) is 5.91 Å². The van der Waals surface area contributed by atoms with E-state index in [-0.39, 0.29) is 30.7 Å². The fourth-order valence-corrected chi connectivity index (χ4v) is 3.75. The molecule has 0 spiro atoms. The van der Waals surface area contributed by atoms with E-state index >= 15 is 0 Å². The molecule has 166 valence electrons. The number of aryl methyl sites for hydroxylation is 1. The lowest BCUT2D eigenvalue weighted by Crippen LogP contribution is -2.35. The zero-order valence-corrected chi connectivity index (χ0v) is 19.6. The summed E-state index contributed by atoms with van der Waals surface area (Å²) in [5, 5.41) is 0. The lowest BCUT2D eigenvalue weighted by molar-refractivity contribution is -0.130. The van der Waals surface area contributed by atoms with Crippen LogP contribution in [0, 0.1) is 6.92 Å². The number of hydrogen-bond acceptors (Lipinski definition) is 5. The summed E-state index contributed by atoms with van der Waals surface area (Å²) in [6.07, 6.45) is 3.97. The number of pyridine rings is 1. The summed E-state index contributed by atoms with van der Waals surface area (Å²) in [6.45, 7) is 4.39. The van der Waals surface area contributed by atoms with E-state index in [9.17, 15) is 4.79 Å². The molecule has 0 aliphatic carbocycles. The molecule has 30 heavy (non-hydrogen) atoms. The Morgan fingerprint density at radius 1 is 1.13 bits per heavy atom. The third kappa shape index (κ3) is 5.92. The van der Waals surface area contributed by atoms with Gasteiger partial charge in [0, 0.05) is 32.9 Å². The highest BCUT2D eigenvalue weighted by molar-refractivity contribution is 5.85. The van der Waals surface area contributed by atoms with Crippen molar-refractivity contribution in [2.45, 2.75) is 26.2 Å². The minimum atomic E-state index is 0. The smallest absolute Gasteiger partial charge is 0.227 e. The molecule has 0 N–H and O–H groups in total. The molecule has 2 aromatic rings. The van der Waals surface area contributed by atoms with Gasteiger partial charge >= 0.3 is 0 Å². The fourth-order valence-electron chi connectivity index (χ4n) is 3.75. The first-order valence-corrected chi connectivity index (χ1v) is 9.67. The lowest BCUT2D eigenvalue weighted by atomic mass is 10.0. The Morgan fingerprint density at radius 3 is 2.43 bits per heavy atom. The zero-order chi connectivity index (χ0) is 20.1. The summed E-state index contributed by atoms with van der Waals surface area (Å²) in [5.41, 5.74) is 4.36. The Labute approximate surface area is 191 Å². The third-order valence-electron chi connectivity index (χ3n) is 5.36. The largest absolute Gasteiger partial charge is 0.493 e. The number of methoxy groups -OCH3 is 2. The Morgan fingerprint density at radius 2 is 1.80 bits per heavy atom. The van der Waals surface area contributed by atoms with E-state index in [1.807, 2.05) is 36.2 Å². The average molecular weight is 456 g/mol. The second kappa shape index (κ2) is 11.9. The third-order valence-corrected chi connectivity index (χ3v) is 5.36. The summed E-state index contributed by atoms with van der Waals surface area (Å²) in [7, 11) is 5.33. The molecule has 1 aliphatic rings. The van der Waals surface area contributed by atoms with Crippen molar-refractivity contribution >= 4 is 36.4 Å². The van der Waals surface area contributed by atoms with Crippen LogP contribution in [0.2, 0.25) is 0 Å².